The van der Waals surface area contributed by atoms with Gasteiger partial charge in [0.2, 0.25) is 0 Å². The van der Waals surface area contributed by atoms with Crippen molar-refractivity contribution in [2.24, 2.45) is 5.41 Å². The highest BCUT2D eigenvalue weighted by atomic mass is 16.2. The number of likely N-dealkylation sites (tertiary alicyclic amines) is 2. The summed E-state index contributed by atoms with van der Waals surface area (Å²) in [5.74, 6) is 1.19. The van der Waals surface area contributed by atoms with E-state index < -0.39 is 0 Å². The predicted octanol–water partition coefficient (Wildman–Crippen LogP) is 4.33. The first kappa shape index (κ1) is 20.3. The lowest BCUT2D eigenvalue weighted by Crippen LogP contribution is -2.51. The van der Waals surface area contributed by atoms with Gasteiger partial charge in [-0.3, -0.25) is 4.79 Å². The maximum Gasteiger partial charge on any atom is 0.255 e. The number of hydrogen-bond donors (Lipinski definition) is 0. The van der Waals surface area contributed by atoms with Gasteiger partial charge in [-0.25, -0.2) is 4.98 Å². The second-order valence-electron chi connectivity index (χ2n) is 10.4. The minimum atomic E-state index is 0.150. The summed E-state index contributed by atoms with van der Waals surface area (Å²) in [6.07, 6.45) is 14.9. The van der Waals surface area contributed by atoms with Crippen LogP contribution in [-0.4, -0.2) is 65.5 Å². The van der Waals surface area contributed by atoms with Gasteiger partial charge in [0.15, 0.2) is 0 Å². The number of piperidine rings is 3. The van der Waals surface area contributed by atoms with Crippen LogP contribution in [0.1, 0.15) is 81.5 Å². The van der Waals surface area contributed by atoms with Gasteiger partial charge in [0.1, 0.15) is 5.82 Å². The van der Waals surface area contributed by atoms with Gasteiger partial charge in [0, 0.05) is 37.9 Å². The number of carbonyl (C=O) groups is 1. The summed E-state index contributed by atoms with van der Waals surface area (Å²) < 4.78 is 0. The van der Waals surface area contributed by atoms with E-state index in [1.807, 2.05) is 11.0 Å². The van der Waals surface area contributed by atoms with E-state index >= 15 is 0 Å². The van der Waals surface area contributed by atoms with Crippen molar-refractivity contribution in [1.82, 2.24) is 14.8 Å². The Hall–Kier alpha value is -1.62. The van der Waals surface area contributed by atoms with Crippen LogP contribution in [0.4, 0.5) is 5.82 Å². The maximum atomic E-state index is 12.9. The first-order valence-corrected chi connectivity index (χ1v) is 12.4. The predicted molar refractivity (Wildman–Crippen MR) is 121 cm³/mol. The van der Waals surface area contributed by atoms with E-state index in [1.54, 1.807) is 6.20 Å². The lowest BCUT2D eigenvalue weighted by atomic mass is 9.70. The first-order valence-electron chi connectivity index (χ1n) is 12.4. The van der Waals surface area contributed by atoms with Gasteiger partial charge in [-0.15, -0.1) is 0 Å². The Morgan fingerprint density at radius 1 is 0.933 bits per heavy atom. The van der Waals surface area contributed by atoms with Crippen molar-refractivity contribution in [3.63, 3.8) is 0 Å². The molecule has 0 N–H and O–H groups in total. The summed E-state index contributed by atoms with van der Waals surface area (Å²) in [5.41, 5.74) is 1.31. The second-order valence-corrected chi connectivity index (χ2v) is 10.4. The van der Waals surface area contributed by atoms with Crippen LogP contribution in [0, 0.1) is 5.41 Å². The summed E-state index contributed by atoms with van der Waals surface area (Å²) in [5, 5.41) is 0. The summed E-state index contributed by atoms with van der Waals surface area (Å²) in [4.78, 5) is 24.8. The number of rotatable bonds is 3. The molecular formula is C25H38N4O. The zero-order valence-electron chi connectivity index (χ0n) is 18.7. The minimum Gasteiger partial charge on any atom is -0.357 e. The van der Waals surface area contributed by atoms with Crippen LogP contribution in [0.3, 0.4) is 0 Å². The maximum absolute atomic E-state index is 12.9. The number of anilines is 1. The van der Waals surface area contributed by atoms with Gasteiger partial charge < -0.3 is 14.7 Å². The Morgan fingerprint density at radius 3 is 2.27 bits per heavy atom. The average molecular weight is 411 g/mol. The van der Waals surface area contributed by atoms with Gasteiger partial charge >= 0.3 is 0 Å². The number of amides is 1. The second kappa shape index (κ2) is 8.49. The third-order valence-electron chi connectivity index (χ3n) is 8.66. The van der Waals surface area contributed by atoms with Crippen molar-refractivity contribution in [2.45, 2.75) is 83.2 Å². The normalized spacial score (nSPS) is 27.8. The first-order chi connectivity index (χ1) is 14.6. The van der Waals surface area contributed by atoms with Gasteiger partial charge in [0.25, 0.3) is 5.91 Å². The molecule has 5 rings (SSSR count). The topological polar surface area (TPSA) is 39.7 Å². The van der Waals surface area contributed by atoms with Crippen molar-refractivity contribution >= 4 is 11.7 Å². The molecule has 3 aliphatic heterocycles. The molecule has 5 nitrogen and oxygen atoms in total. The molecule has 1 unspecified atom stereocenters. The molecule has 4 heterocycles. The van der Waals surface area contributed by atoms with E-state index in [0.29, 0.717) is 11.5 Å². The molecule has 5 heteroatoms. The molecule has 1 atom stereocenters. The monoisotopic (exact) mass is 410 g/mol. The molecule has 3 saturated heterocycles. The molecule has 4 fully saturated rings. The molecule has 1 aromatic rings. The number of hydrogen-bond acceptors (Lipinski definition) is 4. The van der Waals surface area contributed by atoms with E-state index in [0.717, 1.165) is 49.9 Å². The van der Waals surface area contributed by atoms with Gasteiger partial charge in [0.05, 0.1) is 5.56 Å². The number of pyridine rings is 1. The Kier molecular flexibility index (Phi) is 5.74. The Balaban J connectivity index is 1.15. The van der Waals surface area contributed by atoms with E-state index in [1.165, 1.54) is 64.5 Å². The van der Waals surface area contributed by atoms with Crippen LogP contribution in [-0.2, 0) is 0 Å². The average Bonchev–Trinajstić information content (AvgIpc) is 2.75. The lowest BCUT2D eigenvalue weighted by molar-refractivity contribution is 0.0305. The van der Waals surface area contributed by atoms with Crippen LogP contribution < -0.4 is 4.90 Å². The largest absolute Gasteiger partial charge is 0.357 e. The summed E-state index contributed by atoms with van der Waals surface area (Å²) >= 11 is 0. The van der Waals surface area contributed by atoms with Crippen molar-refractivity contribution in [2.75, 3.05) is 37.6 Å². The lowest BCUT2D eigenvalue weighted by Gasteiger charge is -2.50. The van der Waals surface area contributed by atoms with Crippen molar-refractivity contribution in [1.29, 1.82) is 0 Å². The Labute approximate surface area is 181 Å². The molecule has 0 bridgehead atoms. The van der Waals surface area contributed by atoms with E-state index in [9.17, 15) is 4.79 Å². The standard InChI is InChI=1S/C25H38N4O/c1-20-5-2-3-14-29(20)24(30)21-8-9-23(26-19-21)28-17-12-25(13-18-28)10-15-27(16-11-25)22-6-4-7-22/h8-9,19-20,22H,2-7,10-18H2,1H3. The Bertz CT molecular complexity index is 726. The molecule has 0 radical (unpaired) electrons. The van der Waals surface area contributed by atoms with Crippen molar-refractivity contribution in [3.8, 4) is 0 Å². The summed E-state index contributed by atoms with van der Waals surface area (Å²) in [6.45, 7) is 7.89. The quantitative estimate of drug-likeness (QED) is 0.744. The fourth-order valence-electron chi connectivity index (χ4n) is 6.09. The minimum absolute atomic E-state index is 0.150. The third-order valence-corrected chi connectivity index (χ3v) is 8.66. The smallest absolute Gasteiger partial charge is 0.255 e. The molecule has 0 aromatic carbocycles. The van der Waals surface area contributed by atoms with Gasteiger partial charge in [-0.1, -0.05) is 6.42 Å². The highest BCUT2D eigenvalue weighted by Crippen LogP contribution is 2.43. The molecule has 1 aliphatic carbocycles. The molecular weight excluding hydrogens is 372 g/mol. The van der Waals surface area contributed by atoms with Crippen molar-refractivity contribution in [3.05, 3.63) is 23.9 Å². The molecule has 1 amide bonds. The fraction of sp³-hybridized carbons (Fsp3) is 0.760. The highest BCUT2D eigenvalue weighted by molar-refractivity contribution is 5.94. The molecule has 1 saturated carbocycles. The van der Waals surface area contributed by atoms with Crippen LogP contribution >= 0.6 is 0 Å². The molecule has 4 aliphatic rings. The van der Waals surface area contributed by atoms with E-state index in [4.69, 9.17) is 4.98 Å². The van der Waals surface area contributed by atoms with Crippen LogP contribution in [0.15, 0.2) is 18.3 Å². The third kappa shape index (κ3) is 3.98. The molecule has 30 heavy (non-hydrogen) atoms. The summed E-state index contributed by atoms with van der Waals surface area (Å²) in [7, 11) is 0. The summed E-state index contributed by atoms with van der Waals surface area (Å²) in [6, 6.07) is 5.31. The molecule has 1 aromatic heterocycles. The van der Waals surface area contributed by atoms with Crippen molar-refractivity contribution < 1.29 is 4.79 Å². The zero-order chi connectivity index (χ0) is 20.6. The van der Waals surface area contributed by atoms with Crippen LogP contribution in [0.2, 0.25) is 0 Å². The van der Waals surface area contributed by atoms with E-state index in [2.05, 4.69) is 22.8 Å². The number of aromatic nitrogens is 1. The number of carbonyl (C=O) groups excluding carboxylic acids is 1. The molecule has 164 valence electrons. The van der Waals surface area contributed by atoms with E-state index in [-0.39, 0.29) is 5.91 Å². The Morgan fingerprint density at radius 2 is 1.67 bits per heavy atom. The van der Waals surface area contributed by atoms with Gasteiger partial charge in [-0.05, 0) is 95.3 Å². The van der Waals surface area contributed by atoms with Crippen LogP contribution in [0.25, 0.3) is 0 Å². The SMILES string of the molecule is CC1CCCCN1C(=O)c1ccc(N2CCC3(CC2)CCN(C2CCC2)CC3)nc1. The molecule has 1 spiro atoms. The van der Waals surface area contributed by atoms with Crippen LogP contribution in [0.5, 0.6) is 0 Å². The highest BCUT2D eigenvalue weighted by Gasteiger charge is 2.39. The zero-order valence-corrected chi connectivity index (χ0v) is 18.7. The fourth-order valence-corrected chi connectivity index (χ4v) is 6.09. The number of nitrogens with zero attached hydrogens (tertiary/aromatic N) is 4. The van der Waals surface area contributed by atoms with Gasteiger partial charge in [-0.2, -0.15) is 0 Å².